The Bertz CT molecular complexity index is 1140. The van der Waals surface area contributed by atoms with Crippen LogP contribution >= 0.6 is 0 Å². The van der Waals surface area contributed by atoms with Gasteiger partial charge in [0.05, 0.1) is 4.90 Å². The summed E-state index contributed by atoms with van der Waals surface area (Å²) in [5.74, 6) is 1.60. The van der Waals surface area contributed by atoms with E-state index in [1.165, 1.54) is 0 Å². The Morgan fingerprint density at radius 3 is 2.53 bits per heavy atom. The van der Waals surface area contributed by atoms with E-state index in [0.29, 0.717) is 50.5 Å². The number of fused-ring (bicyclic) bond motifs is 2. The Kier molecular flexibility index (Phi) is 5.56. The number of sulfonamides is 1. The SMILES string of the molecule is CCC(=O)N1CCc2cc(S(=O)(=O)N3CCN(Cc4ccc5c(c4)OCO5)CC3)ccc21. The number of benzene rings is 2. The van der Waals surface area contributed by atoms with Crippen molar-refractivity contribution in [3.05, 3.63) is 47.5 Å². The van der Waals surface area contributed by atoms with Crippen molar-refractivity contribution in [2.75, 3.05) is 44.4 Å². The van der Waals surface area contributed by atoms with Gasteiger partial charge in [-0.05, 0) is 47.9 Å². The minimum Gasteiger partial charge on any atom is -0.454 e. The standard InChI is InChI=1S/C23H27N3O5S/c1-2-23(27)26-8-7-18-14-19(4-5-20(18)26)32(28,29)25-11-9-24(10-12-25)15-17-3-6-21-22(13-17)31-16-30-21/h3-6,13-14H,2,7-12,15-16H2,1H3. The first-order valence-corrected chi connectivity index (χ1v) is 12.4. The summed E-state index contributed by atoms with van der Waals surface area (Å²) in [5.41, 5.74) is 2.88. The van der Waals surface area contributed by atoms with Crippen molar-refractivity contribution < 1.29 is 22.7 Å². The van der Waals surface area contributed by atoms with Gasteiger partial charge >= 0.3 is 0 Å². The van der Waals surface area contributed by atoms with E-state index in [4.69, 9.17) is 9.47 Å². The molecule has 0 atom stereocenters. The van der Waals surface area contributed by atoms with Gasteiger partial charge in [0.15, 0.2) is 11.5 Å². The normalized spacial score (nSPS) is 18.7. The summed E-state index contributed by atoms with van der Waals surface area (Å²) in [4.78, 5) is 16.4. The molecule has 1 amide bonds. The first-order valence-electron chi connectivity index (χ1n) is 11.0. The lowest BCUT2D eigenvalue weighted by Crippen LogP contribution is -2.48. The molecule has 0 bridgehead atoms. The molecule has 0 aliphatic carbocycles. The van der Waals surface area contributed by atoms with E-state index in [9.17, 15) is 13.2 Å². The van der Waals surface area contributed by atoms with Gasteiger partial charge in [-0.2, -0.15) is 4.31 Å². The summed E-state index contributed by atoms with van der Waals surface area (Å²) >= 11 is 0. The lowest BCUT2D eigenvalue weighted by atomic mass is 10.2. The highest BCUT2D eigenvalue weighted by molar-refractivity contribution is 7.89. The minimum absolute atomic E-state index is 0.0675. The van der Waals surface area contributed by atoms with E-state index in [2.05, 4.69) is 4.90 Å². The van der Waals surface area contributed by atoms with Gasteiger partial charge in [0.2, 0.25) is 22.7 Å². The third-order valence-corrected chi connectivity index (χ3v) is 8.26. The lowest BCUT2D eigenvalue weighted by molar-refractivity contribution is -0.118. The van der Waals surface area contributed by atoms with Gasteiger partial charge in [0.25, 0.3) is 0 Å². The highest BCUT2D eigenvalue weighted by atomic mass is 32.2. The molecule has 1 saturated heterocycles. The Balaban J connectivity index is 1.24. The van der Waals surface area contributed by atoms with Crippen molar-refractivity contribution in [2.45, 2.75) is 31.2 Å². The third kappa shape index (κ3) is 3.85. The topological polar surface area (TPSA) is 79.4 Å². The van der Waals surface area contributed by atoms with E-state index in [1.54, 1.807) is 27.4 Å². The van der Waals surface area contributed by atoms with Crippen LogP contribution < -0.4 is 14.4 Å². The molecular formula is C23H27N3O5S. The van der Waals surface area contributed by atoms with Crippen molar-refractivity contribution in [1.82, 2.24) is 9.21 Å². The van der Waals surface area contributed by atoms with Crippen LogP contribution in [-0.2, 0) is 27.8 Å². The molecule has 3 heterocycles. The fourth-order valence-corrected chi connectivity index (χ4v) is 6.04. The second-order valence-corrected chi connectivity index (χ2v) is 10.2. The molecule has 0 unspecified atom stereocenters. The van der Waals surface area contributed by atoms with Gasteiger partial charge in [0, 0.05) is 51.4 Å². The molecule has 32 heavy (non-hydrogen) atoms. The Morgan fingerprint density at radius 1 is 0.969 bits per heavy atom. The molecule has 3 aliphatic rings. The summed E-state index contributed by atoms with van der Waals surface area (Å²) in [5, 5.41) is 0. The molecule has 9 heteroatoms. The third-order valence-electron chi connectivity index (χ3n) is 6.36. The van der Waals surface area contributed by atoms with E-state index in [1.807, 2.05) is 25.1 Å². The number of rotatable bonds is 5. The summed E-state index contributed by atoms with van der Waals surface area (Å²) in [6, 6.07) is 11.1. The average molecular weight is 458 g/mol. The monoisotopic (exact) mass is 457 g/mol. The number of nitrogens with zero attached hydrogens (tertiary/aromatic N) is 3. The molecule has 0 N–H and O–H groups in total. The Morgan fingerprint density at radius 2 is 1.75 bits per heavy atom. The van der Waals surface area contributed by atoms with Crippen molar-refractivity contribution >= 4 is 21.6 Å². The summed E-state index contributed by atoms with van der Waals surface area (Å²) in [7, 11) is -3.56. The first-order chi connectivity index (χ1) is 15.5. The van der Waals surface area contributed by atoms with Gasteiger partial charge < -0.3 is 14.4 Å². The summed E-state index contributed by atoms with van der Waals surface area (Å²) < 4.78 is 38.9. The van der Waals surface area contributed by atoms with Gasteiger partial charge in [-0.25, -0.2) is 8.42 Å². The summed E-state index contributed by atoms with van der Waals surface area (Å²) in [6.45, 7) is 5.68. The maximum Gasteiger partial charge on any atom is 0.243 e. The number of ether oxygens (including phenoxy) is 2. The first kappa shape index (κ1) is 21.2. The predicted molar refractivity (Wildman–Crippen MR) is 119 cm³/mol. The van der Waals surface area contributed by atoms with Gasteiger partial charge in [-0.1, -0.05) is 13.0 Å². The smallest absolute Gasteiger partial charge is 0.243 e. The maximum atomic E-state index is 13.2. The number of piperazine rings is 1. The zero-order valence-electron chi connectivity index (χ0n) is 18.1. The van der Waals surface area contributed by atoms with E-state index >= 15 is 0 Å². The van der Waals surface area contributed by atoms with Crippen LogP contribution in [0.1, 0.15) is 24.5 Å². The molecule has 0 radical (unpaired) electrons. The van der Waals surface area contributed by atoms with Crippen LogP contribution in [0.15, 0.2) is 41.3 Å². The van der Waals surface area contributed by atoms with Crippen LogP contribution in [0.3, 0.4) is 0 Å². The molecule has 2 aromatic rings. The molecule has 0 aromatic heterocycles. The predicted octanol–water partition coefficient (Wildman–Crippen LogP) is 2.22. The zero-order chi connectivity index (χ0) is 22.3. The van der Waals surface area contributed by atoms with Crippen LogP contribution in [0.4, 0.5) is 5.69 Å². The maximum absolute atomic E-state index is 13.2. The lowest BCUT2D eigenvalue weighted by Gasteiger charge is -2.34. The van der Waals surface area contributed by atoms with Gasteiger partial charge in [0.1, 0.15) is 0 Å². The largest absolute Gasteiger partial charge is 0.454 e. The number of carbonyl (C=O) groups excluding carboxylic acids is 1. The van der Waals surface area contributed by atoms with Crippen LogP contribution in [0.2, 0.25) is 0 Å². The van der Waals surface area contributed by atoms with Crippen LogP contribution in [-0.4, -0.2) is 63.0 Å². The fraction of sp³-hybridized carbons (Fsp3) is 0.435. The van der Waals surface area contributed by atoms with Crippen LogP contribution in [0.5, 0.6) is 11.5 Å². The quantitative estimate of drug-likeness (QED) is 0.685. The van der Waals surface area contributed by atoms with Crippen LogP contribution in [0.25, 0.3) is 0 Å². The molecule has 1 fully saturated rings. The van der Waals surface area contributed by atoms with Crippen molar-refractivity contribution in [1.29, 1.82) is 0 Å². The molecule has 0 saturated carbocycles. The molecule has 5 rings (SSSR count). The van der Waals surface area contributed by atoms with Crippen molar-refractivity contribution in [3.8, 4) is 11.5 Å². The minimum atomic E-state index is -3.56. The van der Waals surface area contributed by atoms with E-state index < -0.39 is 10.0 Å². The fourth-order valence-electron chi connectivity index (χ4n) is 4.56. The Hall–Kier alpha value is -2.62. The van der Waals surface area contributed by atoms with Crippen molar-refractivity contribution in [3.63, 3.8) is 0 Å². The van der Waals surface area contributed by atoms with Gasteiger partial charge in [-0.15, -0.1) is 0 Å². The molecule has 8 nitrogen and oxygen atoms in total. The average Bonchev–Trinajstić information content (AvgIpc) is 3.45. The molecular weight excluding hydrogens is 430 g/mol. The highest BCUT2D eigenvalue weighted by Gasteiger charge is 2.31. The number of anilines is 1. The number of hydrogen-bond acceptors (Lipinski definition) is 6. The molecule has 170 valence electrons. The molecule has 0 spiro atoms. The van der Waals surface area contributed by atoms with E-state index in [-0.39, 0.29) is 12.7 Å². The second-order valence-electron chi connectivity index (χ2n) is 8.31. The number of carbonyl (C=O) groups is 1. The molecule has 2 aromatic carbocycles. The Labute approximate surface area is 188 Å². The highest BCUT2D eigenvalue weighted by Crippen LogP contribution is 2.34. The van der Waals surface area contributed by atoms with Crippen LogP contribution in [0, 0.1) is 0 Å². The molecule has 3 aliphatic heterocycles. The van der Waals surface area contributed by atoms with Gasteiger partial charge in [-0.3, -0.25) is 9.69 Å². The zero-order valence-corrected chi connectivity index (χ0v) is 18.9. The second kappa shape index (κ2) is 8.38. The summed E-state index contributed by atoms with van der Waals surface area (Å²) in [6.07, 6.45) is 1.13. The number of hydrogen-bond donors (Lipinski definition) is 0. The van der Waals surface area contributed by atoms with E-state index in [0.717, 1.165) is 34.9 Å². The van der Waals surface area contributed by atoms with Crippen molar-refractivity contribution in [2.24, 2.45) is 0 Å². The number of amides is 1.